The summed E-state index contributed by atoms with van der Waals surface area (Å²) >= 11 is 9.05. The summed E-state index contributed by atoms with van der Waals surface area (Å²) in [6.07, 6.45) is 0. The van der Waals surface area contributed by atoms with Gasteiger partial charge in [0.25, 0.3) is 0 Å². The van der Waals surface area contributed by atoms with Crippen LogP contribution in [0, 0.1) is 0 Å². The molecule has 1 N–H and O–H groups in total. The fraction of sp³-hybridized carbons (Fsp3) is 0.412. The number of nitrogens with zero attached hydrogens (tertiary/aromatic N) is 2. The lowest BCUT2D eigenvalue weighted by Gasteiger charge is -2.25. The number of aromatic nitrogens is 1. The summed E-state index contributed by atoms with van der Waals surface area (Å²) in [7, 11) is 0. The number of thiazole rings is 1. The molecule has 1 aromatic heterocycles. The Hall–Kier alpha value is -1.12. The van der Waals surface area contributed by atoms with Crippen molar-refractivity contribution in [3.05, 3.63) is 40.4 Å². The molecular formula is C17H20ClN3O2S2. The van der Waals surface area contributed by atoms with E-state index >= 15 is 0 Å². The predicted octanol–water partition coefficient (Wildman–Crippen LogP) is 3.75. The van der Waals surface area contributed by atoms with Gasteiger partial charge in [-0.2, -0.15) is 0 Å². The maximum absolute atomic E-state index is 12.4. The van der Waals surface area contributed by atoms with Crippen molar-refractivity contribution in [2.24, 2.45) is 0 Å². The van der Waals surface area contributed by atoms with Crippen molar-refractivity contribution >= 4 is 45.7 Å². The van der Waals surface area contributed by atoms with Gasteiger partial charge in [-0.1, -0.05) is 23.7 Å². The standard InChI is InChI=1S/C17H20ClN3O2S2/c1-12(25-15-5-3-2-4-14(15)18)16(22)20-17-19-13(11-24-17)10-21-6-8-23-9-7-21/h2-5,11-12H,6-10H2,1H3,(H,19,20,22). The first kappa shape index (κ1) is 18.7. The van der Waals surface area contributed by atoms with Crippen LogP contribution in [0.25, 0.3) is 0 Å². The molecule has 2 aromatic rings. The maximum Gasteiger partial charge on any atom is 0.239 e. The molecule has 1 saturated heterocycles. The van der Waals surface area contributed by atoms with Crippen LogP contribution in [-0.2, 0) is 16.1 Å². The first-order valence-electron chi connectivity index (χ1n) is 8.08. The average molecular weight is 398 g/mol. The molecule has 1 aliphatic rings. The first-order valence-corrected chi connectivity index (χ1v) is 10.2. The molecule has 25 heavy (non-hydrogen) atoms. The van der Waals surface area contributed by atoms with Crippen LogP contribution in [0.3, 0.4) is 0 Å². The van der Waals surface area contributed by atoms with Crippen LogP contribution < -0.4 is 5.32 Å². The van der Waals surface area contributed by atoms with Gasteiger partial charge >= 0.3 is 0 Å². The lowest BCUT2D eigenvalue weighted by molar-refractivity contribution is -0.115. The van der Waals surface area contributed by atoms with Crippen molar-refractivity contribution in [3.63, 3.8) is 0 Å². The number of rotatable bonds is 6. The second-order valence-corrected chi connectivity index (χ2v) is 8.36. The average Bonchev–Trinajstić information content (AvgIpc) is 3.04. The van der Waals surface area contributed by atoms with Gasteiger partial charge in [-0.15, -0.1) is 23.1 Å². The zero-order chi connectivity index (χ0) is 17.6. The maximum atomic E-state index is 12.4. The van der Waals surface area contributed by atoms with E-state index in [2.05, 4.69) is 15.2 Å². The summed E-state index contributed by atoms with van der Waals surface area (Å²) in [5, 5.41) is 5.94. The minimum Gasteiger partial charge on any atom is -0.379 e. The number of amides is 1. The van der Waals surface area contributed by atoms with Gasteiger partial charge in [0.2, 0.25) is 5.91 Å². The van der Waals surface area contributed by atoms with Crippen LogP contribution in [0.5, 0.6) is 0 Å². The molecule has 134 valence electrons. The molecule has 0 radical (unpaired) electrons. The molecule has 1 fully saturated rings. The van der Waals surface area contributed by atoms with Gasteiger partial charge in [0, 0.05) is 29.9 Å². The van der Waals surface area contributed by atoms with E-state index in [0.717, 1.165) is 43.4 Å². The quantitative estimate of drug-likeness (QED) is 0.752. The van der Waals surface area contributed by atoms with E-state index < -0.39 is 0 Å². The Balaban J connectivity index is 1.53. The molecule has 0 bridgehead atoms. The fourth-order valence-corrected chi connectivity index (χ4v) is 4.28. The summed E-state index contributed by atoms with van der Waals surface area (Å²) in [6, 6.07) is 7.54. The number of hydrogen-bond donors (Lipinski definition) is 1. The van der Waals surface area contributed by atoms with Gasteiger partial charge < -0.3 is 10.1 Å². The Morgan fingerprint density at radius 1 is 1.44 bits per heavy atom. The molecule has 0 aliphatic carbocycles. The zero-order valence-electron chi connectivity index (χ0n) is 13.9. The molecule has 0 saturated carbocycles. The number of ether oxygens (including phenoxy) is 1. The second-order valence-electron chi connectivity index (χ2n) is 5.71. The minimum atomic E-state index is -0.258. The number of thioether (sulfide) groups is 1. The van der Waals surface area contributed by atoms with Crippen LogP contribution in [0.2, 0.25) is 5.02 Å². The number of hydrogen-bond acceptors (Lipinski definition) is 6. The number of nitrogens with one attached hydrogen (secondary N) is 1. The topological polar surface area (TPSA) is 54.5 Å². The Labute approximate surface area is 160 Å². The van der Waals surface area contributed by atoms with Gasteiger partial charge in [-0.25, -0.2) is 4.98 Å². The van der Waals surface area contributed by atoms with Gasteiger partial charge in [0.05, 0.1) is 29.2 Å². The summed E-state index contributed by atoms with van der Waals surface area (Å²) in [4.78, 5) is 20.1. The van der Waals surface area contributed by atoms with Gasteiger partial charge in [-0.05, 0) is 19.1 Å². The third-order valence-corrected chi connectivity index (χ3v) is 6.21. The Morgan fingerprint density at radius 2 is 2.20 bits per heavy atom. The van der Waals surface area contributed by atoms with Crippen LogP contribution in [-0.4, -0.2) is 47.3 Å². The molecule has 1 aliphatic heterocycles. The Bertz CT molecular complexity index is 719. The molecule has 5 nitrogen and oxygen atoms in total. The SMILES string of the molecule is CC(Sc1ccccc1Cl)C(=O)Nc1nc(CN2CCOCC2)cs1. The highest BCUT2D eigenvalue weighted by Crippen LogP contribution is 2.30. The van der Waals surface area contributed by atoms with E-state index in [0.29, 0.717) is 10.2 Å². The van der Waals surface area contributed by atoms with Crippen molar-refractivity contribution in [2.45, 2.75) is 23.6 Å². The minimum absolute atomic E-state index is 0.0720. The molecule has 1 unspecified atom stereocenters. The van der Waals surface area contributed by atoms with E-state index in [1.807, 2.05) is 36.6 Å². The van der Waals surface area contributed by atoms with Crippen molar-refractivity contribution in [2.75, 3.05) is 31.6 Å². The van der Waals surface area contributed by atoms with Gasteiger partial charge in [-0.3, -0.25) is 9.69 Å². The molecule has 8 heteroatoms. The van der Waals surface area contributed by atoms with Crippen molar-refractivity contribution < 1.29 is 9.53 Å². The number of carbonyl (C=O) groups excluding carboxylic acids is 1. The Kier molecular flexibility index (Phi) is 6.72. The number of anilines is 1. The smallest absolute Gasteiger partial charge is 0.239 e. The van der Waals surface area contributed by atoms with Crippen molar-refractivity contribution in [1.82, 2.24) is 9.88 Å². The van der Waals surface area contributed by atoms with E-state index in [4.69, 9.17) is 16.3 Å². The molecule has 1 atom stereocenters. The molecule has 1 aromatic carbocycles. The second kappa shape index (κ2) is 9.00. The molecule has 1 amide bonds. The molecule has 2 heterocycles. The summed E-state index contributed by atoms with van der Waals surface area (Å²) in [5.74, 6) is -0.0720. The zero-order valence-corrected chi connectivity index (χ0v) is 16.3. The normalized spacial score (nSPS) is 16.6. The van der Waals surface area contributed by atoms with Gasteiger partial charge in [0.1, 0.15) is 0 Å². The largest absolute Gasteiger partial charge is 0.379 e. The summed E-state index contributed by atoms with van der Waals surface area (Å²) in [6.45, 7) is 6.04. The van der Waals surface area contributed by atoms with E-state index in [1.165, 1.54) is 23.1 Å². The molecular weight excluding hydrogens is 378 g/mol. The number of carbonyl (C=O) groups is 1. The lowest BCUT2D eigenvalue weighted by Crippen LogP contribution is -2.35. The summed E-state index contributed by atoms with van der Waals surface area (Å²) in [5.41, 5.74) is 0.980. The number of benzene rings is 1. The van der Waals surface area contributed by atoms with Crippen LogP contribution in [0.1, 0.15) is 12.6 Å². The number of morpholine rings is 1. The van der Waals surface area contributed by atoms with E-state index in [1.54, 1.807) is 0 Å². The Morgan fingerprint density at radius 3 is 2.96 bits per heavy atom. The van der Waals surface area contributed by atoms with Crippen LogP contribution >= 0.6 is 34.7 Å². The predicted molar refractivity (Wildman–Crippen MR) is 104 cm³/mol. The monoisotopic (exact) mass is 397 g/mol. The van der Waals surface area contributed by atoms with Crippen LogP contribution in [0.4, 0.5) is 5.13 Å². The summed E-state index contributed by atoms with van der Waals surface area (Å²) < 4.78 is 5.35. The highest BCUT2D eigenvalue weighted by Gasteiger charge is 2.18. The third-order valence-electron chi connectivity index (χ3n) is 3.78. The van der Waals surface area contributed by atoms with Gasteiger partial charge in [0.15, 0.2) is 5.13 Å². The highest BCUT2D eigenvalue weighted by molar-refractivity contribution is 8.00. The van der Waals surface area contributed by atoms with Crippen molar-refractivity contribution in [1.29, 1.82) is 0 Å². The first-order chi connectivity index (χ1) is 12.1. The molecule has 0 spiro atoms. The number of halogens is 1. The third kappa shape index (κ3) is 5.43. The van der Waals surface area contributed by atoms with E-state index in [9.17, 15) is 4.79 Å². The fourth-order valence-electron chi connectivity index (χ4n) is 2.42. The van der Waals surface area contributed by atoms with E-state index in [-0.39, 0.29) is 11.2 Å². The van der Waals surface area contributed by atoms with Crippen LogP contribution in [0.15, 0.2) is 34.5 Å². The highest BCUT2D eigenvalue weighted by atomic mass is 35.5. The van der Waals surface area contributed by atoms with Crippen molar-refractivity contribution in [3.8, 4) is 0 Å². The lowest BCUT2D eigenvalue weighted by atomic mass is 10.4. The molecule has 3 rings (SSSR count).